The van der Waals surface area contributed by atoms with Crippen LogP contribution in [-0.4, -0.2) is 19.9 Å². The Balaban J connectivity index is 1.53. The normalized spacial score (nSPS) is 11.0. The summed E-state index contributed by atoms with van der Waals surface area (Å²) >= 11 is 0. The Bertz CT molecular complexity index is 1070. The standard InChI is InChI=1S/C22H21FN6O/c23-17-8-10-18(11-9-17)25-22-27-20(26-21(24)28-22)15-29(14-19-7-4-12-30-19)13-16-5-2-1-3-6-16/h1-12H,13-15H2,(H3,24,25,26,27,28). The SMILES string of the molecule is Nc1nc(CN(Cc2ccccc2)Cc2ccco2)nc(Nc2ccc(F)cc2)n1. The lowest BCUT2D eigenvalue weighted by molar-refractivity contribution is 0.221. The van der Waals surface area contributed by atoms with Crippen molar-refractivity contribution in [2.75, 3.05) is 11.1 Å². The van der Waals surface area contributed by atoms with Gasteiger partial charge in [0, 0.05) is 12.2 Å². The number of nitrogens with two attached hydrogens (primary N) is 1. The molecule has 0 atom stereocenters. The average molecular weight is 404 g/mol. The summed E-state index contributed by atoms with van der Waals surface area (Å²) in [6.45, 7) is 1.72. The van der Waals surface area contributed by atoms with Crippen molar-refractivity contribution in [2.45, 2.75) is 19.6 Å². The average Bonchev–Trinajstić information content (AvgIpc) is 3.23. The van der Waals surface area contributed by atoms with E-state index >= 15 is 0 Å². The van der Waals surface area contributed by atoms with E-state index in [0.717, 1.165) is 11.3 Å². The maximum Gasteiger partial charge on any atom is 0.232 e. The van der Waals surface area contributed by atoms with Crippen molar-refractivity contribution < 1.29 is 8.81 Å². The minimum atomic E-state index is -0.314. The summed E-state index contributed by atoms with van der Waals surface area (Å²) < 4.78 is 18.6. The van der Waals surface area contributed by atoms with Gasteiger partial charge in [-0.15, -0.1) is 0 Å². The molecule has 2 aromatic heterocycles. The molecular formula is C22H21FN6O. The van der Waals surface area contributed by atoms with Gasteiger partial charge in [0.1, 0.15) is 17.4 Å². The van der Waals surface area contributed by atoms with E-state index in [9.17, 15) is 4.39 Å². The summed E-state index contributed by atoms with van der Waals surface area (Å²) in [6.07, 6.45) is 1.65. The van der Waals surface area contributed by atoms with E-state index in [2.05, 4.69) is 37.3 Å². The number of nitrogens with one attached hydrogen (secondary N) is 1. The number of rotatable bonds is 8. The van der Waals surface area contributed by atoms with Crippen molar-refractivity contribution in [3.63, 3.8) is 0 Å². The Kier molecular flexibility index (Phi) is 5.95. The van der Waals surface area contributed by atoms with E-state index in [1.807, 2.05) is 30.3 Å². The molecule has 30 heavy (non-hydrogen) atoms. The molecule has 4 aromatic rings. The van der Waals surface area contributed by atoms with Crippen molar-refractivity contribution in [1.82, 2.24) is 19.9 Å². The van der Waals surface area contributed by atoms with Crippen LogP contribution in [-0.2, 0) is 19.6 Å². The van der Waals surface area contributed by atoms with Gasteiger partial charge < -0.3 is 15.5 Å². The van der Waals surface area contributed by atoms with Gasteiger partial charge in [0.2, 0.25) is 11.9 Å². The lowest BCUT2D eigenvalue weighted by Gasteiger charge is -2.21. The van der Waals surface area contributed by atoms with Crippen LogP contribution >= 0.6 is 0 Å². The number of aromatic nitrogens is 3. The first-order valence-corrected chi connectivity index (χ1v) is 9.46. The van der Waals surface area contributed by atoms with E-state index in [4.69, 9.17) is 10.2 Å². The summed E-state index contributed by atoms with van der Waals surface area (Å²) in [5, 5.41) is 3.03. The van der Waals surface area contributed by atoms with E-state index < -0.39 is 0 Å². The molecule has 2 aromatic carbocycles. The largest absolute Gasteiger partial charge is 0.468 e. The summed E-state index contributed by atoms with van der Waals surface area (Å²) in [5.74, 6) is 1.47. The molecule has 0 unspecified atom stereocenters. The Morgan fingerprint density at radius 1 is 0.867 bits per heavy atom. The van der Waals surface area contributed by atoms with Gasteiger partial charge in [-0.05, 0) is 42.0 Å². The molecule has 0 saturated heterocycles. The van der Waals surface area contributed by atoms with Crippen molar-refractivity contribution in [3.05, 3.63) is 96.0 Å². The summed E-state index contributed by atoms with van der Waals surface area (Å²) in [7, 11) is 0. The zero-order valence-electron chi connectivity index (χ0n) is 16.2. The highest BCUT2D eigenvalue weighted by molar-refractivity contribution is 5.53. The monoisotopic (exact) mass is 404 g/mol. The number of nitrogens with zero attached hydrogens (tertiary/aromatic N) is 4. The van der Waals surface area contributed by atoms with Gasteiger partial charge in [0.25, 0.3) is 0 Å². The van der Waals surface area contributed by atoms with E-state index in [0.29, 0.717) is 37.1 Å². The smallest absolute Gasteiger partial charge is 0.232 e. The second kappa shape index (κ2) is 9.15. The van der Waals surface area contributed by atoms with E-state index in [1.54, 1.807) is 18.4 Å². The number of benzene rings is 2. The lowest BCUT2D eigenvalue weighted by Crippen LogP contribution is -2.24. The molecule has 0 spiro atoms. The summed E-state index contributed by atoms with van der Waals surface area (Å²) in [6, 6.07) is 19.9. The number of anilines is 3. The van der Waals surface area contributed by atoms with Crippen molar-refractivity contribution >= 4 is 17.6 Å². The molecule has 3 N–H and O–H groups in total. The zero-order valence-corrected chi connectivity index (χ0v) is 16.2. The molecule has 0 bridgehead atoms. The fourth-order valence-electron chi connectivity index (χ4n) is 3.06. The first-order valence-electron chi connectivity index (χ1n) is 9.46. The Morgan fingerprint density at radius 3 is 2.40 bits per heavy atom. The predicted octanol–water partition coefficient (Wildman–Crippen LogP) is 4.13. The molecule has 0 aliphatic carbocycles. The molecule has 4 rings (SSSR count). The van der Waals surface area contributed by atoms with Gasteiger partial charge in [0.05, 0.1) is 19.4 Å². The van der Waals surface area contributed by atoms with Crippen LogP contribution in [0.3, 0.4) is 0 Å². The third-order valence-corrected chi connectivity index (χ3v) is 4.37. The molecule has 0 aliphatic heterocycles. The van der Waals surface area contributed by atoms with Crippen LogP contribution < -0.4 is 11.1 Å². The van der Waals surface area contributed by atoms with Crippen LogP contribution in [0.5, 0.6) is 0 Å². The quantitative estimate of drug-likeness (QED) is 0.456. The number of hydrogen-bond donors (Lipinski definition) is 2. The minimum Gasteiger partial charge on any atom is -0.468 e. The maximum absolute atomic E-state index is 13.1. The van der Waals surface area contributed by atoms with E-state index in [1.165, 1.54) is 12.1 Å². The highest BCUT2D eigenvalue weighted by atomic mass is 19.1. The molecule has 2 heterocycles. The van der Waals surface area contributed by atoms with Gasteiger partial charge >= 0.3 is 0 Å². The van der Waals surface area contributed by atoms with Gasteiger partial charge in [0.15, 0.2) is 0 Å². The zero-order chi connectivity index (χ0) is 20.8. The molecule has 7 nitrogen and oxygen atoms in total. The Labute approximate surface area is 173 Å². The second-order valence-electron chi connectivity index (χ2n) is 6.78. The predicted molar refractivity (Wildman–Crippen MR) is 112 cm³/mol. The summed E-state index contributed by atoms with van der Waals surface area (Å²) in [4.78, 5) is 15.1. The summed E-state index contributed by atoms with van der Waals surface area (Å²) in [5.41, 5.74) is 7.72. The van der Waals surface area contributed by atoms with Gasteiger partial charge in [-0.25, -0.2) is 4.39 Å². The van der Waals surface area contributed by atoms with Crippen LogP contribution in [0, 0.1) is 5.82 Å². The van der Waals surface area contributed by atoms with Crippen molar-refractivity contribution in [2.24, 2.45) is 0 Å². The van der Waals surface area contributed by atoms with Gasteiger partial charge in [-0.3, -0.25) is 4.90 Å². The third-order valence-electron chi connectivity index (χ3n) is 4.37. The Morgan fingerprint density at radius 2 is 1.67 bits per heavy atom. The molecule has 152 valence electrons. The maximum atomic E-state index is 13.1. The Hall–Kier alpha value is -3.78. The minimum absolute atomic E-state index is 0.113. The highest BCUT2D eigenvalue weighted by Gasteiger charge is 2.14. The molecule has 0 saturated carbocycles. The van der Waals surface area contributed by atoms with Gasteiger partial charge in [-0.1, -0.05) is 30.3 Å². The highest BCUT2D eigenvalue weighted by Crippen LogP contribution is 2.17. The first kappa shape index (κ1) is 19.5. The van der Waals surface area contributed by atoms with Crippen LogP contribution in [0.15, 0.2) is 77.4 Å². The van der Waals surface area contributed by atoms with Crippen LogP contribution in [0.1, 0.15) is 17.1 Å². The number of halogens is 1. The van der Waals surface area contributed by atoms with Crippen LogP contribution in [0.2, 0.25) is 0 Å². The molecule has 0 radical (unpaired) electrons. The third kappa shape index (κ3) is 5.39. The molecule has 8 heteroatoms. The first-order chi connectivity index (χ1) is 14.6. The fourth-order valence-corrected chi connectivity index (χ4v) is 3.06. The number of nitrogen functional groups attached to an aromatic ring is 1. The number of furan rings is 1. The van der Waals surface area contributed by atoms with Crippen LogP contribution in [0.4, 0.5) is 22.0 Å². The van der Waals surface area contributed by atoms with E-state index in [-0.39, 0.29) is 11.8 Å². The number of hydrogen-bond acceptors (Lipinski definition) is 7. The fraction of sp³-hybridized carbons (Fsp3) is 0.136. The second-order valence-corrected chi connectivity index (χ2v) is 6.78. The molecular weight excluding hydrogens is 383 g/mol. The van der Waals surface area contributed by atoms with Crippen LogP contribution in [0.25, 0.3) is 0 Å². The lowest BCUT2D eigenvalue weighted by atomic mass is 10.2. The van der Waals surface area contributed by atoms with Crippen molar-refractivity contribution in [1.29, 1.82) is 0 Å². The van der Waals surface area contributed by atoms with Gasteiger partial charge in [-0.2, -0.15) is 15.0 Å². The molecule has 0 aliphatic rings. The van der Waals surface area contributed by atoms with Crippen molar-refractivity contribution in [3.8, 4) is 0 Å². The molecule has 0 fully saturated rings. The molecule has 0 amide bonds. The topological polar surface area (TPSA) is 93.1 Å².